The van der Waals surface area contributed by atoms with Gasteiger partial charge in [-0.3, -0.25) is 28.8 Å². The lowest BCUT2D eigenvalue weighted by atomic mass is 9.82. The van der Waals surface area contributed by atoms with Gasteiger partial charge in [0.25, 0.3) is 0 Å². The van der Waals surface area contributed by atoms with Crippen LogP contribution in [0.15, 0.2) is 36.4 Å². The monoisotopic (exact) mass is 711 g/mol. The minimum absolute atomic E-state index is 0.000584. The number of aliphatic carboxylic acids is 1. The Morgan fingerprint density at radius 1 is 0.843 bits per heavy atom. The van der Waals surface area contributed by atoms with Crippen LogP contribution in [-0.4, -0.2) is 83.3 Å². The Hall–Kier alpha value is -4.14. The van der Waals surface area contributed by atoms with E-state index in [-0.39, 0.29) is 50.9 Å². The zero-order chi connectivity index (χ0) is 37.6. The van der Waals surface area contributed by atoms with Gasteiger partial charge in [0.15, 0.2) is 5.78 Å². The summed E-state index contributed by atoms with van der Waals surface area (Å²) in [5.41, 5.74) is 17.8. The van der Waals surface area contributed by atoms with E-state index in [0.29, 0.717) is 45.2 Å². The molecule has 11 N–H and O–H groups in total. The van der Waals surface area contributed by atoms with E-state index in [2.05, 4.69) is 21.3 Å². The zero-order valence-corrected chi connectivity index (χ0v) is 30.0. The Labute approximate surface area is 300 Å². The Kier molecular flexibility index (Phi) is 16.2. The summed E-state index contributed by atoms with van der Waals surface area (Å²) in [6.45, 7) is 4.57. The van der Waals surface area contributed by atoms with Crippen molar-refractivity contribution in [3.63, 3.8) is 0 Å². The molecule has 5 atom stereocenters. The Morgan fingerprint density at radius 2 is 1.37 bits per heavy atom. The molecule has 14 nitrogen and oxygen atoms in total. The van der Waals surface area contributed by atoms with Crippen LogP contribution in [0.25, 0.3) is 0 Å². The molecular formula is C37H57N7O7. The number of unbranched alkanes of at least 4 members (excludes halogenated alkanes) is 2. The molecule has 0 saturated carbocycles. The van der Waals surface area contributed by atoms with Crippen molar-refractivity contribution in [2.75, 3.05) is 13.1 Å². The normalized spacial score (nSPS) is 23.0. The molecule has 282 valence electrons. The van der Waals surface area contributed by atoms with Crippen molar-refractivity contribution in [1.82, 2.24) is 21.3 Å². The van der Waals surface area contributed by atoms with Gasteiger partial charge >= 0.3 is 5.97 Å². The number of nitrogens with two attached hydrogens (primary N) is 3. The number of nitrogens with one attached hydrogen (secondary N) is 4. The van der Waals surface area contributed by atoms with Crippen LogP contribution in [0, 0.1) is 11.8 Å². The highest BCUT2D eigenvalue weighted by molar-refractivity contribution is 5.99. The van der Waals surface area contributed by atoms with Crippen molar-refractivity contribution < 1.29 is 33.9 Å². The van der Waals surface area contributed by atoms with Crippen LogP contribution in [0.4, 0.5) is 0 Å². The standard InChI is InChI=1S/C37H57N7O7/c1-23(2)19-26(36(50)51)20-31(45)37(21-24-11-3-4-12-25(24)22-37)44-35(49)30-14-6-5-13-27(40)32(46)41-28(15-7-9-17-38)33(47)42-29(34(48)43-30)16-8-10-18-39/h3-6,11-12,23,26-30H,7-10,13-22,38-40H2,1-2H3,(H,41,46)(H,42,47)(H,43,48)(H,44,49)(H,50,51)/t26-,27+,28+,29+,30+/m1/s1. The Bertz CT molecular complexity index is 1390. The highest BCUT2D eigenvalue weighted by Crippen LogP contribution is 2.33. The van der Waals surface area contributed by atoms with Gasteiger partial charge in [-0.15, -0.1) is 0 Å². The molecule has 51 heavy (non-hydrogen) atoms. The third kappa shape index (κ3) is 12.3. The van der Waals surface area contributed by atoms with Crippen molar-refractivity contribution in [1.29, 1.82) is 0 Å². The third-order valence-corrected chi connectivity index (χ3v) is 9.59. The van der Waals surface area contributed by atoms with Gasteiger partial charge in [-0.25, -0.2) is 0 Å². The second-order valence-electron chi connectivity index (χ2n) is 14.3. The summed E-state index contributed by atoms with van der Waals surface area (Å²) in [7, 11) is 0. The van der Waals surface area contributed by atoms with E-state index in [1.807, 2.05) is 38.1 Å². The van der Waals surface area contributed by atoms with Crippen LogP contribution in [0.1, 0.15) is 89.2 Å². The van der Waals surface area contributed by atoms with Gasteiger partial charge in [-0.1, -0.05) is 50.3 Å². The van der Waals surface area contributed by atoms with E-state index in [1.165, 1.54) is 0 Å². The topological polar surface area (TPSA) is 249 Å². The summed E-state index contributed by atoms with van der Waals surface area (Å²) in [5.74, 6) is -4.68. The number of fused-ring (bicyclic) bond motifs is 1. The van der Waals surface area contributed by atoms with E-state index in [0.717, 1.165) is 11.1 Å². The van der Waals surface area contributed by atoms with Crippen LogP contribution in [0.5, 0.6) is 0 Å². The van der Waals surface area contributed by atoms with Crippen molar-refractivity contribution in [3.05, 3.63) is 47.5 Å². The van der Waals surface area contributed by atoms with Gasteiger partial charge < -0.3 is 43.6 Å². The molecule has 0 aromatic heterocycles. The number of carbonyl (C=O) groups is 6. The number of hydrogen-bond donors (Lipinski definition) is 8. The molecule has 1 heterocycles. The summed E-state index contributed by atoms with van der Waals surface area (Å²) in [6.07, 6.45) is 6.59. The van der Waals surface area contributed by atoms with Gasteiger partial charge in [-0.2, -0.15) is 0 Å². The third-order valence-electron chi connectivity index (χ3n) is 9.59. The average Bonchev–Trinajstić information content (AvgIpc) is 3.46. The predicted octanol–water partition coefficient (Wildman–Crippen LogP) is 0.736. The molecule has 0 fully saturated rings. The summed E-state index contributed by atoms with van der Waals surface area (Å²) < 4.78 is 0. The number of hydrogen-bond acceptors (Lipinski definition) is 9. The molecule has 3 rings (SSSR count). The molecule has 4 amide bonds. The fourth-order valence-corrected chi connectivity index (χ4v) is 6.71. The lowest BCUT2D eigenvalue weighted by Gasteiger charge is -2.32. The highest BCUT2D eigenvalue weighted by Gasteiger charge is 2.46. The molecule has 0 spiro atoms. The number of ketones is 1. The maximum atomic E-state index is 14.2. The summed E-state index contributed by atoms with van der Waals surface area (Å²) in [5, 5.41) is 21.2. The van der Waals surface area contributed by atoms with Crippen molar-refractivity contribution >= 4 is 35.4 Å². The second-order valence-corrected chi connectivity index (χ2v) is 14.3. The van der Waals surface area contributed by atoms with Gasteiger partial charge in [0, 0.05) is 19.3 Å². The quantitative estimate of drug-likeness (QED) is 0.0882. The fourth-order valence-electron chi connectivity index (χ4n) is 6.71. The van der Waals surface area contributed by atoms with E-state index < -0.39 is 71.0 Å². The fraction of sp³-hybridized carbons (Fsp3) is 0.622. The van der Waals surface area contributed by atoms with Gasteiger partial charge in [-0.05, 0) is 87.9 Å². The van der Waals surface area contributed by atoms with E-state index in [4.69, 9.17) is 17.2 Å². The summed E-state index contributed by atoms with van der Waals surface area (Å²) in [4.78, 5) is 80.8. The number of benzene rings is 1. The van der Waals surface area contributed by atoms with Crippen LogP contribution in [-0.2, 0) is 41.6 Å². The lowest BCUT2D eigenvalue weighted by molar-refractivity contribution is -0.145. The molecular weight excluding hydrogens is 654 g/mol. The van der Waals surface area contributed by atoms with Crippen LogP contribution < -0.4 is 38.5 Å². The maximum Gasteiger partial charge on any atom is 0.306 e. The minimum atomic E-state index is -1.43. The molecule has 0 bridgehead atoms. The molecule has 1 aliphatic carbocycles. The highest BCUT2D eigenvalue weighted by atomic mass is 16.4. The van der Waals surface area contributed by atoms with Crippen molar-refractivity contribution in [2.45, 2.75) is 121 Å². The number of rotatable bonds is 16. The molecule has 0 unspecified atom stereocenters. The minimum Gasteiger partial charge on any atom is -0.481 e. The largest absolute Gasteiger partial charge is 0.481 e. The summed E-state index contributed by atoms with van der Waals surface area (Å²) in [6, 6.07) is 3.30. The first-order chi connectivity index (χ1) is 24.3. The van der Waals surface area contributed by atoms with Gasteiger partial charge in [0.1, 0.15) is 23.7 Å². The van der Waals surface area contributed by atoms with Crippen molar-refractivity contribution in [2.24, 2.45) is 29.0 Å². The number of amides is 4. The molecule has 2 aliphatic rings. The molecule has 0 saturated heterocycles. The summed E-state index contributed by atoms with van der Waals surface area (Å²) >= 11 is 0. The number of carboxylic acids is 1. The van der Waals surface area contributed by atoms with Gasteiger partial charge in [0.2, 0.25) is 23.6 Å². The maximum absolute atomic E-state index is 14.2. The molecule has 1 aromatic carbocycles. The second kappa shape index (κ2) is 20.0. The van der Waals surface area contributed by atoms with Crippen LogP contribution >= 0.6 is 0 Å². The SMILES string of the molecule is CC(C)C[C@H](CC(=O)C1(NC(=O)[C@@H]2CC=CC[C@H](N)C(=O)N[C@@H](CCCCN)C(=O)N[C@@H](CCCCN)C(=O)N2)Cc2ccccc2C1)C(=O)O. The van der Waals surface area contributed by atoms with E-state index in [9.17, 15) is 33.9 Å². The average molecular weight is 712 g/mol. The predicted molar refractivity (Wildman–Crippen MR) is 193 cm³/mol. The number of carboxylic acid groups (broad SMARTS) is 1. The first-order valence-electron chi connectivity index (χ1n) is 18.2. The van der Waals surface area contributed by atoms with Crippen LogP contribution in [0.3, 0.4) is 0 Å². The Balaban J connectivity index is 1.95. The Morgan fingerprint density at radius 3 is 1.90 bits per heavy atom. The number of carbonyl (C=O) groups excluding carboxylic acids is 5. The zero-order valence-electron chi connectivity index (χ0n) is 30.0. The molecule has 1 aromatic rings. The first kappa shape index (κ1) is 41.3. The molecule has 14 heteroatoms. The first-order valence-corrected chi connectivity index (χ1v) is 18.2. The van der Waals surface area contributed by atoms with Crippen molar-refractivity contribution in [3.8, 4) is 0 Å². The lowest BCUT2D eigenvalue weighted by Crippen LogP contribution is -2.62. The van der Waals surface area contributed by atoms with E-state index in [1.54, 1.807) is 12.2 Å². The molecule has 0 radical (unpaired) electrons. The molecule has 1 aliphatic heterocycles. The van der Waals surface area contributed by atoms with Crippen LogP contribution in [0.2, 0.25) is 0 Å². The number of Topliss-reactive ketones (excluding diaryl/α,β-unsaturated/α-hetero) is 1. The van der Waals surface area contributed by atoms with E-state index >= 15 is 0 Å². The smallest absolute Gasteiger partial charge is 0.306 e. The van der Waals surface area contributed by atoms with Gasteiger partial charge in [0.05, 0.1) is 12.0 Å².